The van der Waals surface area contributed by atoms with E-state index in [0.29, 0.717) is 12.1 Å². The number of hydrogen-bond acceptors (Lipinski definition) is 2. The number of amides is 1. The van der Waals surface area contributed by atoms with Gasteiger partial charge in [-0.15, -0.1) is 0 Å². The summed E-state index contributed by atoms with van der Waals surface area (Å²) in [4.78, 5) is 25.9. The minimum absolute atomic E-state index is 0.0261. The van der Waals surface area contributed by atoms with Gasteiger partial charge in [-0.3, -0.25) is 4.79 Å². The second-order valence-electron chi connectivity index (χ2n) is 6.11. The molecule has 0 radical (unpaired) electrons. The number of halogens is 1. The number of rotatable bonds is 1. The number of carboxylic acid groups (broad SMARTS) is 1. The molecule has 2 unspecified atom stereocenters. The second-order valence-corrected chi connectivity index (χ2v) is 6.11. The molecule has 2 heterocycles. The average Bonchev–Trinajstić information content (AvgIpc) is 2.81. The molecule has 0 aromatic heterocycles. The van der Waals surface area contributed by atoms with Crippen molar-refractivity contribution < 1.29 is 19.1 Å². The van der Waals surface area contributed by atoms with Crippen LogP contribution in [0.25, 0.3) is 0 Å². The Morgan fingerprint density at radius 1 is 1.26 bits per heavy atom. The van der Waals surface area contributed by atoms with Crippen LogP contribution < -0.4 is 4.90 Å². The Morgan fingerprint density at radius 2 is 2.04 bits per heavy atom. The number of carbonyl (C=O) groups is 2. The van der Waals surface area contributed by atoms with Crippen molar-refractivity contribution in [3.63, 3.8) is 0 Å². The van der Waals surface area contributed by atoms with Gasteiger partial charge in [0.25, 0.3) is 5.91 Å². The summed E-state index contributed by atoms with van der Waals surface area (Å²) < 4.78 is 13.6. The van der Waals surface area contributed by atoms with E-state index < -0.39 is 5.97 Å². The number of carboxylic acids is 1. The summed E-state index contributed by atoms with van der Waals surface area (Å²) in [5.74, 6) is -1.66. The predicted octanol–water partition coefficient (Wildman–Crippen LogP) is 3.73. The van der Waals surface area contributed by atoms with Crippen LogP contribution in [-0.2, 0) is 0 Å². The van der Waals surface area contributed by atoms with Crippen LogP contribution in [0.1, 0.15) is 57.1 Å². The number of fused-ring (bicyclic) bond motifs is 5. The van der Waals surface area contributed by atoms with Gasteiger partial charge in [0, 0.05) is 5.69 Å². The Bertz CT molecular complexity index is 861. The zero-order valence-corrected chi connectivity index (χ0v) is 12.4. The molecule has 0 spiro atoms. The minimum Gasteiger partial charge on any atom is -0.478 e. The van der Waals surface area contributed by atoms with Gasteiger partial charge in [-0.2, -0.15) is 0 Å². The van der Waals surface area contributed by atoms with Gasteiger partial charge in [-0.05, 0) is 47.7 Å². The van der Waals surface area contributed by atoms with Crippen LogP contribution in [0.2, 0.25) is 0 Å². The maximum atomic E-state index is 13.6. The molecule has 1 N–H and O–H groups in total. The molecular formula is C18H14FNO3. The van der Waals surface area contributed by atoms with Gasteiger partial charge in [0.2, 0.25) is 0 Å². The van der Waals surface area contributed by atoms with Gasteiger partial charge in [-0.1, -0.05) is 19.1 Å². The quantitative estimate of drug-likeness (QED) is 0.873. The molecule has 2 aromatic rings. The summed E-state index contributed by atoms with van der Waals surface area (Å²) in [7, 11) is 0. The van der Waals surface area contributed by atoms with Crippen molar-refractivity contribution >= 4 is 17.6 Å². The first-order valence-electron chi connectivity index (χ1n) is 7.48. The Morgan fingerprint density at radius 3 is 2.78 bits per heavy atom. The highest BCUT2D eigenvalue weighted by atomic mass is 19.1. The molecule has 116 valence electrons. The number of nitrogens with zero attached hydrogens (tertiary/aromatic N) is 1. The van der Waals surface area contributed by atoms with Gasteiger partial charge in [-0.25, -0.2) is 9.18 Å². The first kappa shape index (κ1) is 13.9. The van der Waals surface area contributed by atoms with Crippen LogP contribution in [0.4, 0.5) is 10.1 Å². The molecule has 2 aromatic carbocycles. The van der Waals surface area contributed by atoms with Gasteiger partial charge in [0.1, 0.15) is 5.82 Å². The Balaban J connectivity index is 1.94. The van der Waals surface area contributed by atoms with Crippen LogP contribution in [0.5, 0.6) is 0 Å². The lowest BCUT2D eigenvalue weighted by Crippen LogP contribution is -2.33. The predicted molar refractivity (Wildman–Crippen MR) is 82.4 cm³/mol. The van der Waals surface area contributed by atoms with Crippen LogP contribution >= 0.6 is 0 Å². The molecule has 0 bridgehead atoms. The van der Waals surface area contributed by atoms with E-state index in [1.54, 1.807) is 17.0 Å². The van der Waals surface area contributed by atoms with Crippen molar-refractivity contribution in [1.82, 2.24) is 0 Å². The van der Waals surface area contributed by atoms with E-state index >= 15 is 0 Å². The molecule has 2 aliphatic heterocycles. The van der Waals surface area contributed by atoms with Crippen molar-refractivity contribution in [3.05, 3.63) is 64.5 Å². The second kappa shape index (κ2) is 4.65. The number of carbonyl (C=O) groups excluding carboxylic acids is 1. The molecule has 1 amide bonds. The van der Waals surface area contributed by atoms with Crippen LogP contribution in [0.3, 0.4) is 0 Å². The molecule has 4 rings (SSSR count). The van der Waals surface area contributed by atoms with E-state index in [4.69, 9.17) is 0 Å². The van der Waals surface area contributed by atoms with E-state index in [9.17, 15) is 19.1 Å². The van der Waals surface area contributed by atoms with Gasteiger partial charge in [0.15, 0.2) is 0 Å². The van der Waals surface area contributed by atoms with E-state index in [2.05, 4.69) is 0 Å². The highest BCUT2D eigenvalue weighted by Gasteiger charge is 2.44. The zero-order valence-electron chi connectivity index (χ0n) is 12.4. The molecule has 2 atom stereocenters. The Labute approximate surface area is 132 Å². The molecule has 23 heavy (non-hydrogen) atoms. The number of benzene rings is 2. The van der Waals surface area contributed by atoms with E-state index in [-0.39, 0.29) is 34.8 Å². The molecule has 0 aliphatic carbocycles. The monoisotopic (exact) mass is 311 g/mol. The summed E-state index contributed by atoms with van der Waals surface area (Å²) >= 11 is 0. The zero-order chi connectivity index (χ0) is 16.3. The molecular weight excluding hydrogens is 297 g/mol. The fourth-order valence-electron chi connectivity index (χ4n) is 3.78. The van der Waals surface area contributed by atoms with Crippen LogP contribution in [0, 0.1) is 5.82 Å². The Hall–Kier alpha value is -2.69. The topological polar surface area (TPSA) is 57.6 Å². The van der Waals surface area contributed by atoms with E-state index in [1.165, 1.54) is 18.2 Å². The molecule has 5 heteroatoms. The summed E-state index contributed by atoms with van der Waals surface area (Å²) in [6.07, 6.45) is 0.651. The smallest absolute Gasteiger partial charge is 0.336 e. The normalized spacial score (nSPS) is 21.7. The fourth-order valence-corrected chi connectivity index (χ4v) is 3.78. The van der Waals surface area contributed by atoms with Gasteiger partial charge < -0.3 is 10.0 Å². The molecule has 4 nitrogen and oxygen atoms in total. The van der Waals surface area contributed by atoms with Crippen molar-refractivity contribution in [2.75, 3.05) is 4.90 Å². The number of aromatic carboxylic acids is 1. The molecule has 0 saturated heterocycles. The third-order valence-corrected chi connectivity index (χ3v) is 4.79. The first-order valence-corrected chi connectivity index (χ1v) is 7.48. The largest absolute Gasteiger partial charge is 0.478 e. The van der Waals surface area contributed by atoms with Crippen molar-refractivity contribution in [3.8, 4) is 0 Å². The number of anilines is 1. The maximum Gasteiger partial charge on any atom is 0.336 e. The van der Waals surface area contributed by atoms with Crippen molar-refractivity contribution in [2.24, 2.45) is 0 Å². The highest BCUT2D eigenvalue weighted by molar-refractivity contribution is 6.16. The maximum absolute atomic E-state index is 13.6. The fraction of sp³-hybridized carbons (Fsp3) is 0.222. The molecule has 0 saturated carbocycles. The van der Waals surface area contributed by atoms with Crippen molar-refractivity contribution in [1.29, 1.82) is 0 Å². The summed E-state index contributed by atoms with van der Waals surface area (Å²) in [6, 6.07) is 9.15. The molecule has 2 aliphatic rings. The van der Waals surface area contributed by atoms with Gasteiger partial charge >= 0.3 is 5.97 Å². The van der Waals surface area contributed by atoms with Crippen LogP contribution in [0.15, 0.2) is 36.4 Å². The van der Waals surface area contributed by atoms with Gasteiger partial charge in [0.05, 0.1) is 17.2 Å². The lowest BCUT2D eigenvalue weighted by Gasteiger charge is -2.35. The lowest BCUT2D eigenvalue weighted by molar-refractivity contribution is 0.0692. The SMILES string of the molecule is CC1CC2c3cccc(C(=O)O)c3C(=O)N2c2ccc(F)cc21. The standard InChI is InChI=1S/C18H14FNO3/c1-9-7-15-11-3-2-4-12(18(22)23)16(11)17(21)20(15)14-6-5-10(19)8-13(9)14/h2-6,8-9,15H,7H2,1H3,(H,22,23). The summed E-state index contributed by atoms with van der Waals surface area (Å²) in [5, 5.41) is 9.36. The van der Waals surface area contributed by atoms with E-state index in [0.717, 1.165) is 11.1 Å². The third kappa shape index (κ3) is 1.82. The summed E-state index contributed by atoms with van der Waals surface area (Å²) in [6.45, 7) is 2.00. The third-order valence-electron chi connectivity index (χ3n) is 4.79. The average molecular weight is 311 g/mol. The first-order chi connectivity index (χ1) is 11.0. The number of hydrogen-bond donors (Lipinski definition) is 1. The van der Waals surface area contributed by atoms with Crippen LogP contribution in [-0.4, -0.2) is 17.0 Å². The Kier molecular flexibility index (Phi) is 2.82. The molecule has 0 fully saturated rings. The van der Waals surface area contributed by atoms with E-state index in [1.807, 2.05) is 13.0 Å². The highest BCUT2D eigenvalue weighted by Crippen LogP contribution is 2.50. The lowest BCUT2D eigenvalue weighted by atomic mass is 9.85. The summed E-state index contributed by atoms with van der Waals surface area (Å²) in [5.41, 5.74) is 2.50. The minimum atomic E-state index is -1.11. The van der Waals surface area contributed by atoms with Crippen molar-refractivity contribution in [2.45, 2.75) is 25.3 Å².